The minimum absolute atomic E-state index is 0.166. The Morgan fingerprint density at radius 2 is 2.12 bits per heavy atom. The maximum Gasteiger partial charge on any atom is 0.347 e. The number of aromatic nitrogens is 1. The van der Waals surface area contributed by atoms with Crippen LogP contribution in [0.5, 0.6) is 0 Å². The topological polar surface area (TPSA) is 50.2 Å². The van der Waals surface area contributed by atoms with Gasteiger partial charge < -0.3 is 5.11 Å². The van der Waals surface area contributed by atoms with Crippen molar-refractivity contribution in [3.05, 3.63) is 15.6 Å². The smallest absolute Gasteiger partial charge is 0.347 e. The van der Waals surface area contributed by atoms with Crippen molar-refractivity contribution in [1.82, 2.24) is 4.98 Å². The highest BCUT2D eigenvalue weighted by Crippen LogP contribution is 2.29. The summed E-state index contributed by atoms with van der Waals surface area (Å²) in [6.07, 6.45) is 1.12. The Morgan fingerprint density at radius 1 is 1.47 bits per heavy atom. The van der Waals surface area contributed by atoms with Crippen molar-refractivity contribution in [2.45, 2.75) is 51.0 Å². The minimum atomic E-state index is -0.856. The van der Waals surface area contributed by atoms with Crippen LogP contribution in [0, 0.1) is 0 Å². The van der Waals surface area contributed by atoms with Crippen LogP contribution in [0.2, 0.25) is 0 Å². The molecule has 1 heterocycles. The average Bonchev–Trinajstić information content (AvgIpc) is 2.70. The largest absolute Gasteiger partial charge is 0.477 e. The standard InChI is InChI=1S/C12H19NO2S2/c1-5-8(4)16-6-9-13-10(7(2)3)11(17-9)12(14)15/h7-8H,5-6H2,1-4H3,(H,14,15). The van der Waals surface area contributed by atoms with Crippen molar-refractivity contribution in [2.75, 3.05) is 0 Å². The highest BCUT2D eigenvalue weighted by atomic mass is 32.2. The van der Waals surface area contributed by atoms with Gasteiger partial charge in [0.05, 0.1) is 5.69 Å². The summed E-state index contributed by atoms with van der Waals surface area (Å²) in [5.41, 5.74) is 0.724. The second-order valence-electron chi connectivity index (χ2n) is 4.31. The quantitative estimate of drug-likeness (QED) is 0.851. The molecule has 0 aliphatic heterocycles. The summed E-state index contributed by atoms with van der Waals surface area (Å²) in [5, 5.41) is 10.6. The average molecular weight is 273 g/mol. The predicted octanol–water partition coefficient (Wildman–Crippen LogP) is 4.00. The van der Waals surface area contributed by atoms with Gasteiger partial charge in [0, 0.05) is 11.0 Å². The van der Waals surface area contributed by atoms with Gasteiger partial charge in [-0.3, -0.25) is 0 Å². The van der Waals surface area contributed by atoms with Gasteiger partial charge >= 0.3 is 5.97 Å². The Hall–Kier alpha value is -0.550. The van der Waals surface area contributed by atoms with E-state index in [0.29, 0.717) is 10.1 Å². The number of carbonyl (C=O) groups is 1. The van der Waals surface area contributed by atoms with Crippen molar-refractivity contribution in [3.63, 3.8) is 0 Å². The Morgan fingerprint density at radius 3 is 2.53 bits per heavy atom. The van der Waals surface area contributed by atoms with E-state index >= 15 is 0 Å². The van der Waals surface area contributed by atoms with Crippen molar-refractivity contribution in [1.29, 1.82) is 0 Å². The normalized spacial score (nSPS) is 13.0. The molecule has 5 heteroatoms. The lowest BCUT2D eigenvalue weighted by Gasteiger charge is -2.05. The molecule has 0 aliphatic rings. The highest BCUT2D eigenvalue weighted by Gasteiger charge is 2.19. The lowest BCUT2D eigenvalue weighted by molar-refractivity contribution is 0.0700. The predicted molar refractivity (Wildman–Crippen MR) is 74.2 cm³/mol. The van der Waals surface area contributed by atoms with E-state index in [0.717, 1.165) is 22.9 Å². The second kappa shape index (κ2) is 6.40. The zero-order chi connectivity index (χ0) is 13.0. The van der Waals surface area contributed by atoms with Gasteiger partial charge in [-0.1, -0.05) is 27.7 Å². The zero-order valence-corrected chi connectivity index (χ0v) is 12.3. The van der Waals surface area contributed by atoms with Crippen molar-refractivity contribution in [3.8, 4) is 0 Å². The third kappa shape index (κ3) is 4.00. The first kappa shape index (κ1) is 14.5. The van der Waals surface area contributed by atoms with Gasteiger partial charge in [-0.15, -0.1) is 11.3 Å². The molecule has 1 atom stereocenters. The van der Waals surface area contributed by atoms with E-state index in [4.69, 9.17) is 5.11 Å². The lowest BCUT2D eigenvalue weighted by atomic mass is 10.1. The van der Waals surface area contributed by atoms with Gasteiger partial charge in [0.15, 0.2) is 0 Å². The zero-order valence-electron chi connectivity index (χ0n) is 10.7. The molecule has 0 amide bonds. The van der Waals surface area contributed by atoms with Crippen LogP contribution in [0.3, 0.4) is 0 Å². The van der Waals surface area contributed by atoms with Gasteiger partial charge in [0.1, 0.15) is 9.88 Å². The molecule has 0 saturated carbocycles. The maximum absolute atomic E-state index is 11.1. The van der Waals surface area contributed by atoms with E-state index in [9.17, 15) is 4.79 Å². The van der Waals surface area contributed by atoms with Crippen LogP contribution in [0.1, 0.15) is 60.4 Å². The van der Waals surface area contributed by atoms with E-state index in [1.807, 2.05) is 25.6 Å². The van der Waals surface area contributed by atoms with Crippen LogP contribution < -0.4 is 0 Å². The third-order valence-electron chi connectivity index (χ3n) is 2.51. The molecular formula is C12H19NO2S2. The van der Waals surface area contributed by atoms with Gasteiger partial charge in [-0.25, -0.2) is 9.78 Å². The van der Waals surface area contributed by atoms with E-state index in [2.05, 4.69) is 18.8 Å². The van der Waals surface area contributed by atoms with Crippen LogP contribution in [-0.4, -0.2) is 21.3 Å². The summed E-state index contributed by atoms with van der Waals surface area (Å²) >= 11 is 3.15. The van der Waals surface area contributed by atoms with E-state index in [-0.39, 0.29) is 5.92 Å². The first-order valence-electron chi connectivity index (χ1n) is 5.80. The molecule has 96 valence electrons. The van der Waals surface area contributed by atoms with E-state index < -0.39 is 5.97 Å². The molecule has 1 aromatic heterocycles. The van der Waals surface area contributed by atoms with Crippen LogP contribution >= 0.6 is 23.1 Å². The molecule has 0 aromatic carbocycles. The van der Waals surface area contributed by atoms with Crippen molar-refractivity contribution in [2.24, 2.45) is 0 Å². The molecule has 0 spiro atoms. The molecule has 0 bridgehead atoms. The Labute approximate surface area is 111 Å². The molecule has 0 saturated heterocycles. The minimum Gasteiger partial charge on any atom is -0.477 e. The van der Waals surface area contributed by atoms with E-state index in [1.54, 1.807) is 0 Å². The van der Waals surface area contributed by atoms with Crippen LogP contribution in [0.4, 0.5) is 0 Å². The van der Waals surface area contributed by atoms with Gasteiger partial charge in [0.2, 0.25) is 0 Å². The third-order valence-corrected chi connectivity index (χ3v) is 5.09. The van der Waals surface area contributed by atoms with Crippen molar-refractivity contribution >= 4 is 29.1 Å². The molecule has 0 aliphatic carbocycles. The summed E-state index contributed by atoms with van der Waals surface area (Å²) < 4.78 is 0. The number of aromatic carboxylic acids is 1. The fourth-order valence-electron chi connectivity index (χ4n) is 1.32. The number of rotatable bonds is 6. The molecule has 17 heavy (non-hydrogen) atoms. The molecule has 0 radical (unpaired) electrons. The van der Waals surface area contributed by atoms with Crippen LogP contribution in [0.25, 0.3) is 0 Å². The monoisotopic (exact) mass is 273 g/mol. The van der Waals surface area contributed by atoms with Crippen molar-refractivity contribution < 1.29 is 9.90 Å². The van der Waals surface area contributed by atoms with Crippen LogP contribution in [-0.2, 0) is 5.75 Å². The SMILES string of the molecule is CCC(C)SCc1nc(C(C)C)c(C(=O)O)s1. The number of thiazole rings is 1. The summed E-state index contributed by atoms with van der Waals surface area (Å²) in [6, 6.07) is 0. The first-order chi connectivity index (χ1) is 7.95. The Balaban J connectivity index is 2.81. The number of carboxylic acids is 1. The number of thioether (sulfide) groups is 1. The van der Waals surface area contributed by atoms with E-state index in [1.165, 1.54) is 11.3 Å². The Bertz CT molecular complexity index is 388. The molecular weight excluding hydrogens is 254 g/mol. The number of hydrogen-bond donors (Lipinski definition) is 1. The lowest BCUT2D eigenvalue weighted by Crippen LogP contribution is -2.00. The fraction of sp³-hybridized carbons (Fsp3) is 0.667. The van der Waals surface area contributed by atoms with Crippen LogP contribution in [0.15, 0.2) is 0 Å². The molecule has 0 fully saturated rings. The first-order valence-corrected chi connectivity index (χ1v) is 7.66. The Kier molecular flexibility index (Phi) is 5.46. The summed E-state index contributed by atoms with van der Waals surface area (Å²) in [6.45, 7) is 8.29. The maximum atomic E-state index is 11.1. The number of nitrogens with zero attached hydrogens (tertiary/aromatic N) is 1. The second-order valence-corrected chi connectivity index (χ2v) is 6.82. The van der Waals surface area contributed by atoms with Gasteiger partial charge in [-0.05, 0) is 12.3 Å². The number of hydrogen-bond acceptors (Lipinski definition) is 4. The fourth-order valence-corrected chi connectivity index (χ4v) is 3.34. The molecule has 1 N–H and O–H groups in total. The van der Waals surface area contributed by atoms with Gasteiger partial charge in [0.25, 0.3) is 0 Å². The number of carboxylic acid groups (broad SMARTS) is 1. The molecule has 1 unspecified atom stereocenters. The summed E-state index contributed by atoms with van der Waals surface area (Å²) in [7, 11) is 0. The summed E-state index contributed by atoms with van der Waals surface area (Å²) in [5.74, 6) is 0.123. The highest BCUT2D eigenvalue weighted by molar-refractivity contribution is 7.99. The summed E-state index contributed by atoms with van der Waals surface area (Å²) in [4.78, 5) is 16.0. The molecule has 1 aromatic rings. The molecule has 1 rings (SSSR count). The molecule has 3 nitrogen and oxygen atoms in total. The van der Waals surface area contributed by atoms with Gasteiger partial charge in [-0.2, -0.15) is 11.8 Å².